The van der Waals surface area contributed by atoms with Crippen molar-refractivity contribution in [1.82, 2.24) is 0 Å². The van der Waals surface area contributed by atoms with Gasteiger partial charge in [-0.2, -0.15) is 0 Å². The van der Waals surface area contributed by atoms with Crippen LogP contribution < -0.4 is 0 Å². The van der Waals surface area contributed by atoms with Crippen molar-refractivity contribution in [2.75, 3.05) is 6.61 Å². The molecule has 0 spiro atoms. The molecular formula is C11H14I2O. The smallest absolute Gasteiger partial charge is 0.0431 e. The highest BCUT2D eigenvalue weighted by molar-refractivity contribution is 14.1. The van der Waals surface area contributed by atoms with Crippen molar-refractivity contribution in [2.45, 2.75) is 25.7 Å². The summed E-state index contributed by atoms with van der Waals surface area (Å²) in [5.41, 5.74) is 1.44. The molecule has 3 heteroatoms. The van der Waals surface area contributed by atoms with Crippen molar-refractivity contribution in [2.24, 2.45) is 0 Å². The van der Waals surface area contributed by atoms with Gasteiger partial charge in [-0.1, -0.05) is 18.6 Å². The van der Waals surface area contributed by atoms with E-state index in [4.69, 9.17) is 5.11 Å². The summed E-state index contributed by atoms with van der Waals surface area (Å²) >= 11 is 4.78. The highest BCUT2D eigenvalue weighted by atomic mass is 127. The Balaban J connectivity index is 2.46. The molecule has 1 aromatic rings. The molecule has 78 valence electrons. The number of halogens is 2. The van der Waals surface area contributed by atoms with E-state index >= 15 is 0 Å². The quantitative estimate of drug-likeness (QED) is 0.575. The number of hydrogen-bond donors (Lipinski definition) is 1. The molecule has 0 aliphatic rings. The van der Waals surface area contributed by atoms with Crippen LogP contribution in [-0.4, -0.2) is 11.7 Å². The van der Waals surface area contributed by atoms with Crippen LogP contribution in [-0.2, 0) is 6.42 Å². The van der Waals surface area contributed by atoms with Gasteiger partial charge in [-0.3, -0.25) is 0 Å². The molecule has 1 aromatic carbocycles. The fourth-order valence-corrected chi connectivity index (χ4v) is 2.53. The predicted molar refractivity (Wildman–Crippen MR) is 76.5 cm³/mol. The lowest BCUT2D eigenvalue weighted by atomic mass is 10.1. The average molecular weight is 416 g/mol. The Hall–Kier alpha value is 0.640. The van der Waals surface area contributed by atoms with Gasteiger partial charge in [0.05, 0.1) is 0 Å². The average Bonchev–Trinajstić information content (AvgIpc) is 2.19. The lowest BCUT2D eigenvalue weighted by Crippen LogP contribution is -1.93. The van der Waals surface area contributed by atoms with Crippen molar-refractivity contribution in [1.29, 1.82) is 0 Å². The second-order valence-electron chi connectivity index (χ2n) is 3.25. The molecular weight excluding hydrogens is 402 g/mol. The molecule has 1 nitrogen and oxygen atoms in total. The van der Waals surface area contributed by atoms with Gasteiger partial charge in [0.25, 0.3) is 0 Å². The number of aliphatic hydroxyl groups is 1. The molecule has 0 radical (unpaired) electrons. The van der Waals surface area contributed by atoms with Crippen LogP contribution in [0.4, 0.5) is 0 Å². The van der Waals surface area contributed by atoms with Crippen molar-refractivity contribution < 1.29 is 5.11 Å². The Morgan fingerprint density at radius 2 is 1.86 bits per heavy atom. The topological polar surface area (TPSA) is 20.2 Å². The van der Waals surface area contributed by atoms with E-state index in [1.807, 2.05) is 0 Å². The van der Waals surface area contributed by atoms with Gasteiger partial charge in [0, 0.05) is 13.7 Å². The molecule has 14 heavy (non-hydrogen) atoms. The molecule has 0 saturated carbocycles. The van der Waals surface area contributed by atoms with Gasteiger partial charge in [0.2, 0.25) is 0 Å². The summed E-state index contributed by atoms with van der Waals surface area (Å²) in [6.07, 6.45) is 4.37. The SMILES string of the molecule is OCCCCCc1cccc(I)c1I. The Kier molecular flexibility index (Phi) is 6.36. The van der Waals surface area contributed by atoms with Crippen molar-refractivity contribution in [3.8, 4) is 0 Å². The molecule has 1 N–H and O–H groups in total. The third kappa shape index (κ3) is 4.02. The molecule has 0 unspecified atom stereocenters. The molecule has 0 saturated heterocycles. The van der Waals surface area contributed by atoms with E-state index in [9.17, 15) is 0 Å². The van der Waals surface area contributed by atoms with E-state index in [2.05, 4.69) is 63.4 Å². The van der Waals surface area contributed by atoms with Crippen molar-refractivity contribution >= 4 is 45.2 Å². The minimum Gasteiger partial charge on any atom is -0.396 e. The van der Waals surface area contributed by atoms with Gasteiger partial charge in [-0.15, -0.1) is 0 Å². The zero-order chi connectivity index (χ0) is 10.4. The highest BCUT2D eigenvalue weighted by Crippen LogP contribution is 2.20. The number of rotatable bonds is 5. The summed E-state index contributed by atoms with van der Waals surface area (Å²) in [6, 6.07) is 6.45. The zero-order valence-corrected chi connectivity index (χ0v) is 12.3. The standard InChI is InChI=1S/C11H14I2O/c12-10-7-4-6-9(11(10)13)5-2-1-3-8-14/h4,6-7,14H,1-3,5,8H2. The Labute approximate surface area is 113 Å². The van der Waals surface area contributed by atoms with E-state index < -0.39 is 0 Å². The first kappa shape index (κ1) is 12.7. The third-order valence-corrected chi connectivity index (χ3v) is 5.34. The first-order chi connectivity index (χ1) is 6.75. The second-order valence-corrected chi connectivity index (χ2v) is 5.49. The van der Waals surface area contributed by atoms with Gasteiger partial charge in [-0.25, -0.2) is 0 Å². The van der Waals surface area contributed by atoms with Gasteiger partial charge in [0.1, 0.15) is 0 Å². The van der Waals surface area contributed by atoms with Gasteiger partial charge >= 0.3 is 0 Å². The van der Waals surface area contributed by atoms with Gasteiger partial charge in [-0.05, 0) is 76.1 Å². The largest absolute Gasteiger partial charge is 0.396 e. The minimum atomic E-state index is 0.323. The molecule has 0 amide bonds. The van der Waals surface area contributed by atoms with Crippen LogP contribution in [0.3, 0.4) is 0 Å². The van der Waals surface area contributed by atoms with E-state index in [0.717, 1.165) is 19.3 Å². The lowest BCUT2D eigenvalue weighted by Gasteiger charge is -2.05. The molecule has 0 atom stereocenters. The second kappa shape index (κ2) is 7.00. The predicted octanol–water partition coefficient (Wildman–Crippen LogP) is 3.60. The Morgan fingerprint density at radius 3 is 2.57 bits per heavy atom. The monoisotopic (exact) mass is 416 g/mol. The lowest BCUT2D eigenvalue weighted by molar-refractivity contribution is 0.283. The third-order valence-electron chi connectivity index (χ3n) is 2.14. The first-order valence-electron chi connectivity index (χ1n) is 4.79. The summed E-state index contributed by atoms with van der Waals surface area (Å²) in [7, 11) is 0. The molecule has 0 bridgehead atoms. The van der Waals surface area contributed by atoms with Crippen LogP contribution in [0.25, 0.3) is 0 Å². The summed E-state index contributed by atoms with van der Waals surface area (Å²) in [5.74, 6) is 0. The maximum absolute atomic E-state index is 8.66. The van der Waals surface area contributed by atoms with Gasteiger partial charge in [0.15, 0.2) is 0 Å². The first-order valence-corrected chi connectivity index (χ1v) is 6.95. The fourth-order valence-electron chi connectivity index (χ4n) is 1.35. The van der Waals surface area contributed by atoms with E-state index in [0.29, 0.717) is 6.61 Å². The fraction of sp³-hybridized carbons (Fsp3) is 0.455. The van der Waals surface area contributed by atoms with E-state index in [-0.39, 0.29) is 0 Å². The molecule has 0 fully saturated rings. The van der Waals surface area contributed by atoms with Crippen molar-refractivity contribution in [3.63, 3.8) is 0 Å². The number of benzene rings is 1. The maximum Gasteiger partial charge on any atom is 0.0431 e. The molecule has 0 heterocycles. The van der Waals surface area contributed by atoms with Gasteiger partial charge < -0.3 is 5.11 Å². The Morgan fingerprint density at radius 1 is 1.07 bits per heavy atom. The summed E-state index contributed by atoms with van der Waals surface area (Å²) in [5, 5.41) is 8.66. The molecule has 1 rings (SSSR count). The van der Waals surface area contributed by atoms with Crippen LogP contribution in [0.2, 0.25) is 0 Å². The summed E-state index contributed by atoms with van der Waals surface area (Å²) in [6.45, 7) is 0.323. The maximum atomic E-state index is 8.66. The Bertz CT molecular complexity index is 287. The van der Waals surface area contributed by atoms with E-state index in [1.165, 1.54) is 19.1 Å². The number of aryl methyl sites for hydroxylation is 1. The van der Waals surface area contributed by atoms with Crippen LogP contribution in [0.5, 0.6) is 0 Å². The zero-order valence-electron chi connectivity index (χ0n) is 7.97. The summed E-state index contributed by atoms with van der Waals surface area (Å²) < 4.78 is 2.72. The van der Waals surface area contributed by atoms with E-state index in [1.54, 1.807) is 0 Å². The normalized spacial score (nSPS) is 10.5. The van der Waals surface area contributed by atoms with Crippen LogP contribution in [0.1, 0.15) is 24.8 Å². The molecule has 0 aliphatic heterocycles. The minimum absolute atomic E-state index is 0.323. The number of hydrogen-bond acceptors (Lipinski definition) is 1. The highest BCUT2D eigenvalue weighted by Gasteiger charge is 2.02. The van der Waals surface area contributed by atoms with Crippen molar-refractivity contribution in [3.05, 3.63) is 30.9 Å². The van der Waals surface area contributed by atoms with Crippen LogP contribution >= 0.6 is 45.2 Å². The molecule has 0 aromatic heterocycles. The number of aliphatic hydroxyl groups excluding tert-OH is 1. The number of unbranched alkanes of at least 4 members (excludes halogenated alkanes) is 2. The molecule has 0 aliphatic carbocycles. The van der Waals surface area contributed by atoms with Crippen LogP contribution in [0, 0.1) is 7.14 Å². The van der Waals surface area contributed by atoms with Crippen LogP contribution in [0.15, 0.2) is 18.2 Å². The summed E-state index contributed by atoms with van der Waals surface area (Å²) in [4.78, 5) is 0.